The summed E-state index contributed by atoms with van der Waals surface area (Å²) in [5, 5.41) is 3.98. The van der Waals surface area contributed by atoms with Crippen LogP contribution >= 0.6 is 0 Å². The molecular formula is C15H12F2N4O2S. The highest BCUT2D eigenvalue weighted by Crippen LogP contribution is 2.14. The first-order valence-corrected chi connectivity index (χ1v) is 8.33. The number of hydrogen-bond acceptors (Lipinski definition) is 4. The highest BCUT2D eigenvalue weighted by Gasteiger charge is 2.16. The van der Waals surface area contributed by atoms with Gasteiger partial charge in [0, 0.05) is 0 Å². The molecule has 1 aromatic heterocycles. The lowest BCUT2D eigenvalue weighted by Gasteiger charge is -2.04. The van der Waals surface area contributed by atoms with Crippen molar-refractivity contribution in [1.82, 2.24) is 14.8 Å². The molecule has 0 saturated heterocycles. The van der Waals surface area contributed by atoms with Gasteiger partial charge in [0.1, 0.15) is 18.0 Å². The number of anilines is 1. The molecule has 3 aromatic rings. The molecule has 1 N–H and O–H groups in total. The van der Waals surface area contributed by atoms with Gasteiger partial charge in [0.05, 0.1) is 11.4 Å². The fraction of sp³-hybridized carbons (Fsp3) is 0.0667. The number of halogens is 2. The first-order valence-electron chi connectivity index (χ1n) is 6.85. The van der Waals surface area contributed by atoms with Gasteiger partial charge in [-0.2, -0.15) is 4.98 Å². The van der Waals surface area contributed by atoms with Gasteiger partial charge in [-0.3, -0.25) is 0 Å². The van der Waals surface area contributed by atoms with Crippen molar-refractivity contribution in [3.8, 4) is 0 Å². The van der Waals surface area contributed by atoms with Crippen LogP contribution < -0.4 is 4.72 Å². The van der Waals surface area contributed by atoms with E-state index in [9.17, 15) is 17.2 Å². The number of hydrogen-bond donors (Lipinski definition) is 1. The standard InChI is InChI=1S/C15H12F2N4O2S/c16-12-4-6-14(7-5-12)24(22,23)20-15-18-10-21(19-15)9-11-2-1-3-13(17)8-11/h1-8,10H,9H2,(H,19,20). The van der Waals surface area contributed by atoms with Crippen LogP contribution in [0.5, 0.6) is 0 Å². The van der Waals surface area contributed by atoms with Crippen molar-refractivity contribution in [1.29, 1.82) is 0 Å². The molecule has 0 bridgehead atoms. The Labute approximate surface area is 136 Å². The first-order chi connectivity index (χ1) is 11.4. The molecule has 6 nitrogen and oxygen atoms in total. The van der Waals surface area contributed by atoms with Gasteiger partial charge in [-0.05, 0) is 42.0 Å². The molecule has 2 aromatic carbocycles. The summed E-state index contributed by atoms with van der Waals surface area (Å²) in [6.07, 6.45) is 1.33. The monoisotopic (exact) mass is 350 g/mol. The van der Waals surface area contributed by atoms with Gasteiger partial charge >= 0.3 is 0 Å². The van der Waals surface area contributed by atoms with Crippen molar-refractivity contribution >= 4 is 16.0 Å². The lowest BCUT2D eigenvalue weighted by Crippen LogP contribution is -2.14. The second kappa shape index (κ2) is 6.36. The van der Waals surface area contributed by atoms with E-state index in [4.69, 9.17) is 0 Å². The minimum atomic E-state index is -3.91. The third-order valence-electron chi connectivity index (χ3n) is 3.12. The maximum absolute atomic E-state index is 13.1. The lowest BCUT2D eigenvalue weighted by atomic mass is 10.2. The van der Waals surface area contributed by atoms with E-state index in [0.717, 1.165) is 24.3 Å². The van der Waals surface area contributed by atoms with E-state index in [-0.39, 0.29) is 23.2 Å². The molecule has 24 heavy (non-hydrogen) atoms. The number of nitrogens with one attached hydrogen (secondary N) is 1. The van der Waals surface area contributed by atoms with E-state index >= 15 is 0 Å². The Morgan fingerprint density at radius 3 is 2.50 bits per heavy atom. The van der Waals surface area contributed by atoms with Crippen LogP contribution in [0.25, 0.3) is 0 Å². The first kappa shape index (κ1) is 16.1. The van der Waals surface area contributed by atoms with E-state index < -0.39 is 15.8 Å². The van der Waals surface area contributed by atoms with Gasteiger partial charge < -0.3 is 0 Å². The van der Waals surface area contributed by atoms with Gasteiger partial charge in [0.25, 0.3) is 16.0 Å². The minimum absolute atomic E-state index is 0.106. The molecule has 0 aliphatic rings. The molecule has 0 atom stereocenters. The zero-order chi connectivity index (χ0) is 17.2. The molecule has 0 radical (unpaired) electrons. The highest BCUT2D eigenvalue weighted by atomic mass is 32.2. The van der Waals surface area contributed by atoms with Crippen LogP contribution in [0.1, 0.15) is 5.56 Å². The van der Waals surface area contributed by atoms with Gasteiger partial charge in [-0.25, -0.2) is 26.6 Å². The summed E-state index contributed by atoms with van der Waals surface area (Å²) >= 11 is 0. The van der Waals surface area contributed by atoms with Crippen LogP contribution in [-0.2, 0) is 16.6 Å². The van der Waals surface area contributed by atoms with Crippen LogP contribution in [0.3, 0.4) is 0 Å². The fourth-order valence-corrected chi connectivity index (χ4v) is 2.98. The van der Waals surface area contributed by atoms with Crippen LogP contribution in [0, 0.1) is 11.6 Å². The van der Waals surface area contributed by atoms with Crippen LogP contribution in [-0.4, -0.2) is 23.2 Å². The Balaban J connectivity index is 1.75. The van der Waals surface area contributed by atoms with Crippen molar-refractivity contribution in [2.45, 2.75) is 11.4 Å². The largest absolute Gasteiger partial charge is 0.264 e. The van der Waals surface area contributed by atoms with Crippen LogP contribution in [0.15, 0.2) is 59.8 Å². The maximum atomic E-state index is 13.1. The quantitative estimate of drug-likeness (QED) is 0.767. The van der Waals surface area contributed by atoms with Gasteiger partial charge in [0.2, 0.25) is 0 Å². The van der Waals surface area contributed by atoms with Crippen LogP contribution in [0.4, 0.5) is 14.7 Å². The lowest BCUT2D eigenvalue weighted by molar-refractivity contribution is 0.599. The molecule has 124 valence electrons. The van der Waals surface area contributed by atoms with E-state index in [0.29, 0.717) is 5.56 Å². The SMILES string of the molecule is O=S(=O)(Nc1ncn(Cc2cccc(F)c2)n1)c1ccc(F)cc1. The molecule has 3 rings (SSSR count). The van der Waals surface area contributed by atoms with Crippen molar-refractivity contribution < 1.29 is 17.2 Å². The minimum Gasteiger partial charge on any atom is -0.246 e. The Hall–Kier alpha value is -2.81. The number of benzene rings is 2. The van der Waals surface area contributed by atoms with Crippen molar-refractivity contribution in [2.24, 2.45) is 0 Å². The third kappa shape index (κ3) is 3.74. The molecule has 0 amide bonds. The average molecular weight is 350 g/mol. The Morgan fingerprint density at radius 1 is 1.04 bits per heavy atom. The van der Waals surface area contributed by atoms with E-state index in [1.807, 2.05) is 0 Å². The topological polar surface area (TPSA) is 76.9 Å². The van der Waals surface area contributed by atoms with E-state index in [2.05, 4.69) is 14.8 Å². The van der Waals surface area contributed by atoms with Crippen molar-refractivity contribution in [2.75, 3.05) is 4.72 Å². The molecular weight excluding hydrogens is 338 g/mol. The van der Waals surface area contributed by atoms with Gasteiger partial charge in [-0.15, -0.1) is 5.10 Å². The second-order valence-electron chi connectivity index (χ2n) is 4.96. The number of aromatic nitrogens is 3. The summed E-state index contributed by atoms with van der Waals surface area (Å²) in [5.74, 6) is -1.04. The molecule has 0 spiro atoms. The van der Waals surface area contributed by atoms with E-state index in [1.54, 1.807) is 12.1 Å². The number of nitrogens with zero attached hydrogens (tertiary/aromatic N) is 3. The van der Waals surface area contributed by atoms with Crippen LogP contribution in [0.2, 0.25) is 0 Å². The van der Waals surface area contributed by atoms with Crippen molar-refractivity contribution in [3.05, 3.63) is 72.1 Å². The third-order valence-corrected chi connectivity index (χ3v) is 4.46. The number of sulfonamides is 1. The second-order valence-corrected chi connectivity index (χ2v) is 6.64. The fourth-order valence-electron chi connectivity index (χ4n) is 2.03. The van der Waals surface area contributed by atoms with E-state index in [1.165, 1.54) is 23.1 Å². The summed E-state index contributed by atoms with van der Waals surface area (Å²) in [4.78, 5) is 3.75. The zero-order valence-electron chi connectivity index (χ0n) is 12.2. The predicted octanol–water partition coefficient (Wildman–Crippen LogP) is 2.41. The normalized spacial score (nSPS) is 11.4. The van der Waals surface area contributed by atoms with Gasteiger partial charge in [0.15, 0.2) is 0 Å². The summed E-state index contributed by atoms with van der Waals surface area (Å²) < 4.78 is 53.9. The Bertz CT molecular complexity index is 956. The maximum Gasteiger partial charge on any atom is 0.264 e. The molecule has 1 heterocycles. The molecule has 0 fully saturated rings. The molecule has 9 heteroatoms. The molecule has 0 unspecified atom stereocenters. The Kier molecular flexibility index (Phi) is 4.26. The summed E-state index contributed by atoms with van der Waals surface area (Å²) in [5.41, 5.74) is 0.660. The molecule has 0 aliphatic carbocycles. The summed E-state index contributed by atoms with van der Waals surface area (Å²) in [7, 11) is -3.91. The average Bonchev–Trinajstić information content (AvgIpc) is 2.94. The summed E-state index contributed by atoms with van der Waals surface area (Å²) in [6.45, 7) is 0.239. The number of rotatable bonds is 5. The Morgan fingerprint density at radius 2 is 1.79 bits per heavy atom. The predicted molar refractivity (Wildman–Crippen MR) is 82.7 cm³/mol. The molecule has 0 aliphatic heterocycles. The summed E-state index contributed by atoms with van der Waals surface area (Å²) in [6, 6.07) is 10.3. The van der Waals surface area contributed by atoms with Gasteiger partial charge in [-0.1, -0.05) is 12.1 Å². The van der Waals surface area contributed by atoms with Crippen molar-refractivity contribution in [3.63, 3.8) is 0 Å². The smallest absolute Gasteiger partial charge is 0.246 e. The highest BCUT2D eigenvalue weighted by molar-refractivity contribution is 7.92. The molecule has 0 saturated carbocycles. The zero-order valence-corrected chi connectivity index (χ0v) is 13.0.